The van der Waals surface area contributed by atoms with Gasteiger partial charge in [0.2, 0.25) is 11.8 Å². The van der Waals surface area contributed by atoms with Gasteiger partial charge in [0.05, 0.1) is 72.2 Å². The van der Waals surface area contributed by atoms with Crippen molar-refractivity contribution in [2.75, 3.05) is 98.1 Å². The second-order valence-electron chi connectivity index (χ2n) is 16.7. The molecular weight excluding hydrogens is 1030 g/mol. The standard InChI is InChI=1S/C48H73N5O24/c1-27(25-70-30(4)56)72-47(41(53-29(3)55)48(75-34(8)60)76-35(9)61)69-21-19-67-17-15-65-13-11-51-45(63)37-22-36(23-38(49)24-37)44(62)50-10-12-64-14-16-66-18-20-68-46-40(52-28(2)54)43(74-33(7)59)42(73-32(6)58)39(77-46)26-71-31(5)57/h22-24,27,39-43,46-48H,10-21,25-26,49H2,1-9H3,(H,50,62)(H,51,63)(H,52,54)(H,53,55)/t27?,39?,40?,41?,42-,43?,46+,47+/m0/s1. The summed E-state index contributed by atoms with van der Waals surface area (Å²) in [5, 5.41) is 10.5. The van der Waals surface area contributed by atoms with E-state index in [2.05, 4.69) is 21.3 Å². The number of benzene rings is 1. The minimum atomic E-state index is -1.64. The van der Waals surface area contributed by atoms with Gasteiger partial charge in [-0.1, -0.05) is 0 Å². The normalized spacial score (nSPS) is 18.1. The van der Waals surface area contributed by atoms with Crippen molar-refractivity contribution in [1.29, 1.82) is 0 Å². The molecule has 1 aliphatic rings. The quantitative estimate of drug-likeness (QED) is 0.0172. The first kappa shape index (κ1) is 66.5. The highest BCUT2D eigenvalue weighted by Gasteiger charge is 2.51. The van der Waals surface area contributed by atoms with E-state index in [1.54, 1.807) is 6.92 Å². The number of esters is 6. The number of nitrogens with two attached hydrogens (primary N) is 1. The summed E-state index contributed by atoms with van der Waals surface area (Å²) < 4.78 is 76.8. The average molecular weight is 1100 g/mol. The Labute approximate surface area is 444 Å². The molecule has 1 aromatic carbocycles. The van der Waals surface area contributed by atoms with Crippen molar-refractivity contribution in [3.05, 3.63) is 29.3 Å². The molecule has 1 heterocycles. The number of rotatable bonds is 36. The minimum Gasteiger partial charge on any atom is -0.463 e. The third kappa shape index (κ3) is 28.4. The Morgan fingerprint density at radius 3 is 1.55 bits per heavy atom. The molecule has 4 amide bonds. The number of ether oxygens (including phenoxy) is 14. The van der Waals surface area contributed by atoms with Crippen LogP contribution in [0.3, 0.4) is 0 Å². The molecule has 0 saturated carbocycles. The van der Waals surface area contributed by atoms with Gasteiger partial charge in [0.25, 0.3) is 18.1 Å². The zero-order valence-corrected chi connectivity index (χ0v) is 44.7. The van der Waals surface area contributed by atoms with E-state index < -0.39 is 115 Å². The molecule has 0 aliphatic carbocycles. The second kappa shape index (κ2) is 36.4. The summed E-state index contributed by atoms with van der Waals surface area (Å²) in [7, 11) is 0. The number of amides is 4. The van der Waals surface area contributed by atoms with E-state index in [-0.39, 0.29) is 109 Å². The van der Waals surface area contributed by atoms with Gasteiger partial charge >= 0.3 is 35.8 Å². The molecule has 29 heteroatoms. The number of carbonyl (C=O) groups excluding carboxylic acids is 10. The Morgan fingerprint density at radius 2 is 1.06 bits per heavy atom. The number of hydrogen-bond acceptors (Lipinski definition) is 25. The van der Waals surface area contributed by atoms with E-state index in [0.717, 1.165) is 27.7 Å². The molecule has 6 N–H and O–H groups in total. The number of nitrogens with one attached hydrogen (secondary N) is 4. The smallest absolute Gasteiger partial charge is 0.305 e. The van der Waals surface area contributed by atoms with Crippen LogP contribution >= 0.6 is 0 Å². The fraction of sp³-hybridized carbons (Fsp3) is 0.667. The van der Waals surface area contributed by atoms with Crippen LogP contribution in [0, 0.1) is 0 Å². The summed E-state index contributed by atoms with van der Waals surface area (Å²) in [6, 6.07) is 1.72. The molecule has 29 nitrogen and oxygen atoms in total. The van der Waals surface area contributed by atoms with Crippen molar-refractivity contribution in [2.24, 2.45) is 0 Å². The van der Waals surface area contributed by atoms with Crippen molar-refractivity contribution in [3.8, 4) is 0 Å². The molecule has 0 bridgehead atoms. The van der Waals surface area contributed by atoms with E-state index >= 15 is 0 Å². The van der Waals surface area contributed by atoms with Crippen LogP contribution in [0.2, 0.25) is 0 Å². The maximum absolute atomic E-state index is 12.9. The van der Waals surface area contributed by atoms with Gasteiger partial charge in [0.1, 0.15) is 25.4 Å². The van der Waals surface area contributed by atoms with Gasteiger partial charge < -0.3 is 93.3 Å². The fourth-order valence-electron chi connectivity index (χ4n) is 6.84. The lowest BCUT2D eigenvalue weighted by molar-refractivity contribution is -0.279. The van der Waals surface area contributed by atoms with Crippen LogP contribution in [0.25, 0.3) is 0 Å². The van der Waals surface area contributed by atoms with E-state index in [1.807, 2.05) is 0 Å². The maximum Gasteiger partial charge on any atom is 0.305 e. The highest BCUT2D eigenvalue weighted by atomic mass is 16.7. The molecule has 1 aliphatic heterocycles. The number of anilines is 1. The number of carbonyl (C=O) groups is 10. The highest BCUT2D eigenvalue weighted by molar-refractivity contribution is 6.01. The lowest BCUT2D eigenvalue weighted by Crippen LogP contribution is -2.66. The Hall–Kier alpha value is -6.60. The third-order valence-electron chi connectivity index (χ3n) is 9.79. The summed E-state index contributed by atoms with van der Waals surface area (Å²) in [5.74, 6) is -6.49. The highest BCUT2D eigenvalue weighted by Crippen LogP contribution is 2.28. The maximum atomic E-state index is 12.9. The van der Waals surface area contributed by atoms with Crippen LogP contribution < -0.4 is 27.0 Å². The monoisotopic (exact) mass is 1100 g/mol. The van der Waals surface area contributed by atoms with Crippen LogP contribution in [-0.2, 0) is 105 Å². The fourth-order valence-corrected chi connectivity index (χ4v) is 6.84. The summed E-state index contributed by atoms with van der Waals surface area (Å²) in [6.07, 6.45) is -8.73. The van der Waals surface area contributed by atoms with E-state index in [4.69, 9.17) is 72.0 Å². The molecule has 2 rings (SSSR count). The van der Waals surface area contributed by atoms with Crippen LogP contribution in [0.15, 0.2) is 18.2 Å². The Balaban J connectivity index is 1.77. The predicted octanol–water partition coefficient (Wildman–Crippen LogP) is -1.26. The molecule has 0 spiro atoms. The van der Waals surface area contributed by atoms with Crippen molar-refractivity contribution >= 4 is 65.1 Å². The van der Waals surface area contributed by atoms with E-state index in [0.29, 0.717) is 0 Å². The molecule has 8 atom stereocenters. The SMILES string of the molecule is CC(=O)NC(C(OC(C)=O)OC(C)=O)[C@H](OCCOCCOCCNC(=O)c1cc(N)cc(C(=O)NCCOCCOCCO[C@@H]2OC(COC(C)=O)[C@H](OC(C)=O)C(OC(C)=O)C2NC(C)=O)c1)OC(C)COC(C)=O. The third-order valence-corrected chi connectivity index (χ3v) is 9.79. The van der Waals surface area contributed by atoms with Crippen molar-refractivity contribution < 1.29 is 114 Å². The number of nitrogen functional groups attached to an aromatic ring is 1. The lowest BCUT2D eigenvalue weighted by atomic mass is 9.96. The first-order valence-electron chi connectivity index (χ1n) is 24.3. The zero-order chi connectivity index (χ0) is 57.5. The molecule has 0 aromatic heterocycles. The summed E-state index contributed by atoms with van der Waals surface area (Å²) in [5.41, 5.74) is 6.43. The van der Waals surface area contributed by atoms with Crippen LogP contribution in [0.4, 0.5) is 5.69 Å². The Morgan fingerprint density at radius 1 is 0.571 bits per heavy atom. The molecule has 77 heavy (non-hydrogen) atoms. The van der Waals surface area contributed by atoms with Crippen LogP contribution in [0.1, 0.15) is 83.0 Å². The number of hydrogen-bond donors (Lipinski definition) is 5. The molecule has 434 valence electrons. The Bertz CT molecular complexity index is 2080. The minimum absolute atomic E-state index is 0.0120. The summed E-state index contributed by atoms with van der Waals surface area (Å²) >= 11 is 0. The lowest BCUT2D eigenvalue weighted by Gasteiger charge is -2.44. The van der Waals surface area contributed by atoms with Gasteiger partial charge in [-0.2, -0.15) is 0 Å². The second-order valence-corrected chi connectivity index (χ2v) is 16.7. The van der Waals surface area contributed by atoms with Crippen molar-refractivity contribution in [3.63, 3.8) is 0 Å². The molecule has 1 aromatic rings. The van der Waals surface area contributed by atoms with Crippen LogP contribution in [0.5, 0.6) is 0 Å². The van der Waals surface area contributed by atoms with E-state index in [1.165, 1.54) is 45.9 Å². The molecule has 1 saturated heterocycles. The van der Waals surface area contributed by atoms with Gasteiger partial charge in [-0.15, -0.1) is 0 Å². The van der Waals surface area contributed by atoms with E-state index in [9.17, 15) is 47.9 Å². The predicted molar refractivity (Wildman–Crippen MR) is 261 cm³/mol. The summed E-state index contributed by atoms with van der Waals surface area (Å²) in [4.78, 5) is 121. The van der Waals surface area contributed by atoms with Gasteiger partial charge in [0.15, 0.2) is 30.8 Å². The molecule has 1 fully saturated rings. The van der Waals surface area contributed by atoms with Crippen LogP contribution in [-0.4, -0.2) is 207 Å². The van der Waals surface area contributed by atoms with Gasteiger partial charge in [-0.05, 0) is 25.1 Å². The summed E-state index contributed by atoms with van der Waals surface area (Å²) in [6.45, 7) is 10.8. The molecular formula is C48H73N5O24. The first-order valence-corrected chi connectivity index (χ1v) is 24.3. The first-order chi connectivity index (χ1) is 36.5. The van der Waals surface area contributed by atoms with Crippen molar-refractivity contribution in [1.82, 2.24) is 21.3 Å². The van der Waals surface area contributed by atoms with Gasteiger partial charge in [-0.25, -0.2) is 0 Å². The van der Waals surface area contributed by atoms with Crippen molar-refractivity contribution in [2.45, 2.75) is 118 Å². The van der Waals surface area contributed by atoms with Gasteiger partial charge in [0, 0.05) is 85.3 Å². The Kier molecular flexibility index (Phi) is 31.5. The largest absolute Gasteiger partial charge is 0.463 e. The molecule has 5 unspecified atom stereocenters. The topological polar surface area (TPSA) is 374 Å². The van der Waals surface area contributed by atoms with Gasteiger partial charge in [-0.3, -0.25) is 47.9 Å². The molecule has 0 radical (unpaired) electrons. The zero-order valence-electron chi connectivity index (χ0n) is 44.7. The average Bonchev–Trinajstić information content (AvgIpc) is 3.33.